The molecule has 2 aromatic rings. The smallest absolute Gasteiger partial charge is 0.338 e. The summed E-state index contributed by atoms with van der Waals surface area (Å²) < 4.78 is 20.3. The normalized spacial score (nSPS) is 10.6. The summed E-state index contributed by atoms with van der Waals surface area (Å²) >= 11 is 0. The van der Waals surface area contributed by atoms with Gasteiger partial charge in [0.2, 0.25) is 0 Å². The Hall–Kier alpha value is -2.78. The molecule has 2 N–H and O–H groups in total. The van der Waals surface area contributed by atoms with Crippen LogP contribution < -0.4 is 0 Å². The van der Waals surface area contributed by atoms with Gasteiger partial charge in [-0.3, -0.25) is 0 Å². The molecule has 0 atom stereocenters. The lowest BCUT2D eigenvalue weighted by Crippen LogP contribution is -2.12. The zero-order valence-corrected chi connectivity index (χ0v) is 16.6. The van der Waals surface area contributed by atoms with Crippen LogP contribution in [-0.4, -0.2) is 75.0 Å². The average molecular weight is 418 g/mol. The van der Waals surface area contributed by atoms with Crippen LogP contribution in [0, 0.1) is 0 Å². The Balaban J connectivity index is 1.84. The number of rotatable bonds is 13. The van der Waals surface area contributed by atoms with Crippen LogP contribution >= 0.6 is 0 Å². The highest BCUT2D eigenvalue weighted by Gasteiger charge is 2.09. The molecular weight excluding hydrogens is 392 g/mol. The first-order valence-electron chi connectivity index (χ1n) is 9.57. The van der Waals surface area contributed by atoms with Crippen molar-refractivity contribution in [3.63, 3.8) is 0 Å². The Labute approximate surface area is 175 Å². The zero-order valence-electron chi connectivity index (χ0n) is 16.6. The first-order valence-corrected chi connectivity index (χ1v) is 9.57. The summed E-state index contributed by atoms with van der Waals surface area (Å²) in [5, 5.41) is 17.2. The molecule has 0 heterocycles. The molecular formula is C22H26O8. The van der Waals surface area contributed by atoms with Crippen LogP contribution in [0.5, 0.6) is 0 Å². The van der Waals surface area contributed by atoms with Gasteiger partial charge in [0.15, 0.2) is 0 Å². The van der Waals surface area contributed by atoms with E-state index in [1.54, 1.807) is 48.5 Å². The minimum absolute atomic E-state index is 0.0715. The van der Waals surface area contributed by atoms with Crippen LogP contribution in [-0.2, 0) is 18.9 Å². The lowest BCUT2D eigenvalue weighted by molar-refractivity contribution is 0.0253. The number of esters is 2. The van der Waals surface area contributed by atoms with Gasteiger partial charge in [-0.25, -0.2) is 9.59 Å². The first kappa shape index (κ1) is 23.5. The fourth-order valence-corrected chi connectivity index (χ4v) is 2.48. The van der Waals surface area contributed by atoms with E-state index in [0.717, 1.165) is 11.1 Å². The van der Waals surface area contributed by atoms with Crippen molar-refractivity contribution in [1.82, 2.24) is 0 Å². The molecule has 2 aromatic carbocycles. The van der Waals surface area contributed by atoms with Gasteiger partial charge in [-0.1, -0.05) is 24.3 Å². The van der Waals surface area contributed by atoms with E-state index in [1.807, 2.05) is 0 Å². The number of hydrogen-bond donors (Lipinski definition) is 2. The molecule has 0 spiro atoms. The lowest BCUT2D eigenvalue weighted by atomic mass is 10.0. The molecule has 0 saturated heterocycles. The fourth-order valence-electron chi connectivity index (χ4n) is 2.48. The molecule has 0 radical (unpaired) electrons. The maximum atomic E-state index is 12.0. The quantitative estimate of drug-likeness (QED) is 0.373. The second kappa shape index (κ2) is 13.4. The van der Waals surface area contributed by atoms with Crippen LogP contribution in [0.4, 0.5) is 0 Å². The third-order valence-corrected chi connectivity index (χ3v) is 3.97. The second-order valence-corrected chi connectivity index (χ2v) is 6.10. The standard InChI is InChI=1S/C22H26O8/c23-9-11-27-13-15-29-21(25)19-5-1-17(2-6-19)18-3-7-20(8-4-18)22(26)30-16-14-28-12-10-24/h1-8,23-24H,9-16H2. The van der Waals surface area contributed by atoms with E-state index in [2.05, 4.69) is 0 Å². The van der Waals surface area contributed by atoms with Crippen molar-refractivity contribution in [2.75, 3.05) is 52.9 Å². The van der Waals surface area contributed by atoms with Crippen LogP contribution in [0.1, 0.15) is 20.7 Å². The maximum Gasteiger partial charge on any atom is 0.338 e. The largest absolute Gasteiger partial charge is 0.460 e. The Morgan fingerprint density at radius 2 is 0.933 bits per heavy atom. The fraction of sp³-hybridized carbons (Fsp3) is 0.364. The number of benzene rings is 2. The minimum Gasteiger partial charge on any atom is -0.460 e. The van der Waals surface area contributed by atoms with E-state index in [-0.39, 0.29) is 52.9 Å². The van der Waals surface area contributed by atoms with Gasteiger partial charge in [0.1, 0.15) is 13.2 Å². The summed E-state index contributed by atoms with van der Waals surface area (Å²) in [4.78, 5) is 24.0. The summed E-state index contributed by atoms with van der Waals surface area (Å²) in [6.45, 7) is 0.973. The Bertz CT molecular complexity index is 703. The van der Waals surface area contributed by atoms with Crippen LogP contribution in [0.25, 0.3) is 11.1 Å². The van der Waals surface area contributed by atoms with E-state index >= 15 is 0 Å². The summed E-state index contributed by atoms with van der Waals surface area (Å²) in [5.41, 5.74) is 2.61. The van der Waals surface area contributed by atoms with E-state index in [9.17, 15) is 9.59 Å². The van der Waals surface area contributed by atoms with Crippen molar-refractivity contribution >= 4 is 11.9 Å². The Morgan fingerprint density at radius 1 is 0.567 bits per heavy atom. The number of ether oxygens (including phenoxy) is 4. The van der Waals surface area contributed by atoms with Crippen LogP contribution in [0.3, 0.4) is 0 Å². The van der Waals surface area contributed by atoms with Gasteiger partial charge >= 0.3 is 11.9 Å². The van der Waals surface area contributed by atoms with Gasteiger partial charge in [-0.15, -0.1) is 0 Å². The van der Waals surface area contributed by atoms with E-state index in [0.29, 0.717) is 11.1 Å². The van der Waals surface area contributed by atoms with Gasteiger partial charge in [-0.05, 0) is 35.4 Å². The Kier molecular flexibility index (Phi) is 10.5. The molecule has 0 unspecified atom stereocenters. The molecule has 0 amide bonds. The van der Waals surface area contributed by atoms with Crippen molar-refractivity contribution < 1.29 is 38.7 Å². The molecule has 162 valence electrons. The summed E-state index contributed by atoms with van der Waals surface area (Å²) in [6.07, 6.45) is 0. The molecule has 0 aromatic heterocycles. The van der Waals surface area contributed by atoms with E-state index < -0.39 is 11.9 Å². The molecule has 0 aliphatic heterocycles. The lowest BCUT2D eigenvalue weighted by Gasteiger charge is -2.08. The zero-order chi connectivity index (χ0) is 21.6. The molecule has 0 fully saturated rings. The monoisotopic (exact) mass is 418 g/mol. The molecule has 0 aliphatic carbocycles. The first-order chi connectivity index (χ1) is 14.7. The van der Waals surface area contributed by atoms with E-state index in [4.69, 9.17) is 29.2 Å². The second-order valence-electron chi connectivity index (χ2n) is 6.10. The number of carbonyl (C=O) groups excluding carboxylic acids is 2. The highest BCUT2D eigenvalue weighted by molar-refractivity contribution is 5.91. The van der Waals surface area contributed by atoms with Gasteiger partial charge in [0.05, 0.1) is 50.8 Å². The van der Waals surface area contributed by atoms with Crippen molar-refractivity contribution in [3.05, 3.63) is 59.7 Å². The van der Waals surface area contributed by atoms with Crippen molar-refractivity contribution in [2.45, 2.75) is 0 Å². The van der Waals surface area contributed by atoms with Gasteiger partial charge in [0.25, 0.3) is 0 Å². The summed E-state index contributed by atoms with van der Waals surface area (Å²) in [5.74, 6) is -0.898. The molecule has 2 rings (SSSR count). The third kappa shape index (κ3) is 7.92. The molecule has 8 heteroatoms. The highest BCUT2D eigenvalue weighted by atomic mass is 16.6. The number of carbonyl (C=O) groups is 2. The van der Waals surface area contributed by atoms with Gasteiger partial charge < -0.3 is 29.2 Å². The van der Waals surface area contributed by atoms with Gasteiger partial charge in [-0.2, -0.15) is 0 Å². The molecule has 0 bridgehead atoms. The van der Waals surface area contributed by atoms with Crippen LogP contribution in [0.15, 0.2) is 48.5 Å². The van der Waals surface area contributed by atoms with Crippen molar-refractivity contribution in [3.8, 4) is 11.1 Å². The molecule has 8 nitrogen and oxygen atoms in total. The highest BCUT2D eigenvalue weighted by Crippen LogP contribution is 2.21. The molecule has 0 aliphatic rings. The van der Waals surface area contributed by atoms with Crippen molar-refractivity contribution in [1.29, 1.82) is 0 Å². The predicted molar refractivity (Wildman–Crippen MR) is 108 cm³/mol. The minimum atomic E-state index is -0.449. The Morgan fingerprint density at radius 3 is 1.27 bits per heavy atom. The number of aliphatic hydroxyl groups excluding tert-OH is 2. The average Bonchev–Trinajstić information content (AvgIpc) is 2.79. The van der Waals surface area contributed by atoms with Crippen LogP contribution in [0.2, 0.25) is 0 Å². The number of hydrogen-bond acceptors (Lipinski definition) is 8. The van der Waals surface area contributed by atoms with Crippen molar-refractivity contribution in [2.24, 2.45) is 0 Å². The predicted octanol–water partition coefficient (Wildman–Crippen LogP) is 1.68. The van der Waals surface area contributed by atoms with E-state index in [1.165, 1.54) is 0 Å². The summed E-state index contributed by atoms with van der Waals surface area (Å²) in [7, 11) is 0. The molecule has 0 saturated carbocycles. The van der Waals surface area contributed by atoms with Gasteiger partial charge in [0, 0.05) is 0 Å². The third-order valence-electron chi connectivity index (χ3n) is 3.97. The molecule has 30 heavy (non-hydrogen) atoms. The SMILES string of the molecule is O=C(OCCOCCO)c1ccc(-c2ccc(C(=O)OCCOCCO)cc2)cc1. The number of aliphatic hydroxyl groups is 2. The maximum absolute atomic E-state index is 12.0. The topological polar surface area (TPSA) is 112 Å². The summed E-state index contributed by atoms with van der Waals surface area (Å²) in [6, 6.07) is 13.9.